The van der Waals surface area contributed by atoms with Crippen molar-refractivity contribution >= 4 is 27.3 Å². The first-order chi connectivity index (χ1) is 13.8. The highest BCUT2D eigenvalue weighted by atomic mass is 32.2. The van der Waals surface area contributed by atoms with Crippen LogP contribution in [-0.4, -0.2) is 59.3 Å². The molecule has 0 saturated carbocycles. The van der Waals surface area contributed by atoms with E-state index in [1.165, 1.54) is 44.5 Å². The molecule has 2 aromatic carbocycles. The van der Waals surface area contributed by atoms with Gasteiger partial charge in [-0.15, -0.1) is 0 Å². The number of ether oxygens (including phenoxy) is 1. The molecule has 0 atom stereocenters. The zero-order chi connectivity index (χ0) is 21.0. The summed E-state index contributed by atoms with van der Waals surface area (Å²) in [7, 11) is -1.29. The molecular weight excluding hydrogens is 401 g/mol. The summed E-state index contributed by atoms with van der Waals surface area (Å²) >= 11 is 0. The molecule has 2 aromatic rings. The van der Waals surface area contributed by atoms with Crippen molar-refractivity contribution in [3.63, 3.8) is 0 Å². The van der Waals surface area contributed by atoms with Crippen molar-refractivity contribution in [1.29, 1.82) is 0 Å². The number of hydrogen-bond acceptors (Lipinski definition) is 6. The molecule has 1 aliphatic rings. The third kappa shape index (κ3) is 4.73. The summed E-state index contributed by atoms with van der Waals surface area (Å²) in [6, 6.07) is 9.87. The lowest BCUT2D eigenvalue weighted by Gasteiger charge is -2.29. The fourth-order valence-electron chi connectivity index (χ4n) is 2.87. The van der Waals surface area contributed by atoms with Crippen LogP contribution in [0.1, 0.15) is 10.4 Å². The maximum absolute atomic E-state index is 14.5. The van der Waals surface area contributed by atoms with E-state index in [9.17, 15) is 17.6 Å². The fourth-order valence-corrected chi connectivity index (χ4v) is 3.85. The number of nitrogens with one attached hydrogen (secondary N) is 1. The smallest absolute Gasteiger partial charge is 0.264 e. The highest BCUT2D eigenvalue weighted by Crippen LogP contribution is 2.24. The van der Waals surface area contributed by atoms with Gasteiger partial charge in [-0.1, -0.05) is 4.47 Å². The first-order valence-electron chi connectivity index (χ1n) is 8.89. The number of morpholine rings is 1. The number of halogens is 1. The Hall–Kier alpha value is -2.53. The van der Waals surface area contributed by atoms with Gasteiger partial charge in [0.05, 0.1) is 30.9 Å². The van der Waals surface area contributed by atoms with Gasteiger partial charge < -0.3 is 15.0 Å². The summed E-state index contributed by atoms with van der Waals surface area (Å²) < 4.78 is 44.8. The van der Waals surface area contributed by atoms with Gasteiger partial charge in [0.25, 0.3) is 15.9 Å². The van der Waals surface area contributed by atoms with Crippen molar-refractivity contribution in [3.8, 4) is 0 Å². The average molecular weight is 423 g/mol. The van der Waals surface area contributed by atoms with Crippen LogP contribution in [0.3, 0.4) is 0 Å². The molecule has 1 fully saturated rings. The molecule has 0 radical (unpaired) electrons. The van der Waals surface area contributed by atoms with Gasteiger partial charge in [0.1, 0.15) is 5.82 Å². The van der Waals surface area contributed by atoms with Gasteiger partial charge in [0.2, 0.25) is 0 Å². The van der Waals surface area contributed by atoms with Crippen LogP contribution in [0.5, 0.6) is 0 Å². The summed E-state index contributed by atoms with van der Waals surface area (Å²) in [5.41, 5.74) is 1.00. The Bertz CT molecular complexity index is 976. The minimum Gasteiger partial charge on any atom is -0.378 e. The summed E-state index contributed by atoms with van der Waals surface area (Å²) in [6.45, 7) is 2.31. The number of anilines is 2. The molecule has 29 heavy (non-hydrogen) atoms. The van der Waals surface area contributed by atoms with Crippen LogP contribution in [-0.2, 0) is 19.6 Å². The Balaban J connectivity index is 1.71. The molecule has 0 aromatic heterocycles. The molecule has 1 heterocycles. The van der Waals surface area contributed by atoms with Gasteiger partial charge in [0.15, 0.2) is 0 Å². The van der Waals surface area contributed by atoms with Crippen molar-refractivity contribution in [1.82, 2.24) is 4.47 Å². The van der Waals surface area contributed by atoms with E-state index in [0.717, 1.165) is 4.47 Å². The van der Waals surface area contributed by atoms with E-state index in [4.69, 9.17) is 9.57 Å². The zero-order valence-corrected chi connectivity index (χ0v) is 16.9. The lowest BCUT2D eigenvalue weighted by Crippen LogP contribution is -2.36. The summed E-state index contributed by atoms with van der Waals surface area (Å²) in [4.78, 5) is 19.0. The Kier molecular flexibility index (Phi) is 6.48. The number of sulfonamides is 1. The molecule has 8 nitrogen and oxygen atoms in total. The molecule has 1 aliphatic heterocycles. The van der Waals surface area contributed by atoms with E-state index in [0.29, 0.717) is 37.7 Å². The third-order valence-corrected chi connectivity index (χ3v) is 6.26. The molecule has 0 bridgehead atoms. The van der Waals surface area contributed by atoms with Crippen molar-refractivity contribution in [2.75, 3.05) is 50.7 Å². The molecule has 0 spiro atoms. The first kappa shape index (κ1) is 21.2. The minimum absolute atomic E-state index is 0.0145. The molecule has 0 aliphatic carbocycles. The van der Waals surface area contributed by atoms with Gasteiger partial charge >= 0.3 is 0 Å². The molecule has 1 N–H and O–H groups in total. The highest BCUT2D eigenvalue weighted by molar-refractivity contribution is 7.89. The van der Waals surface area contributed by atoms with Gasteiger partial charge in [-0.3, -0.25) is 9.63 Å². The minimum atomic E-state index is -3.80. The number of amides is 1. The summed E-state index contributed by atoms with van der Waals surface area (Å²) in [5, 5.41) is 2.61. The highest BCUT2D eigenvalue weighted by Gasteiger charge is 2.21. The van der Waals surface area contributed by atoms with Crippen LogP contribution in [0, 0.1) is 5.82 Å². The normalized spacial score (nSPS) is 14.8. The number of carbonyl (C=O) groups is 1. The zero-order valence-electron chi connectivity index (χ0n) is 16.1. The number of carbonyl (C=O) groups excluding carboxylic acids is 1. The van der Waals surface area contributed by atoms with Crippen molar-refractivity contribution in [2.24, 2.45) is 0 Å². The van der Waals surface area contributed by atoms with E-state index in [1.54, 1.807) is 12.1 Å². The van der Waals surface area contributed by atoms with Crippen molar-refractivity contribution in [2.45, 2.75) is 4.90 Å². The average Bonchev–Trinajstić information content (AvgIpc) is 2.74. The van der Waals surface area contributed by atoms with Crippen molar-refractivity contribution in [3.05, 3.63) is 53.8 Å². The second-order valence-corrected chi connectivity index (χ2v) is 8.28. The van der Waals surface area contributed by atoms with Crippen LogP contribution in [0.15, 0.2) is 47.4 Å². The van der Waals surface area contributed by atoms with E-state index < -0.39 is 21.7 Å². The predicted molar refractivity (Wildman–Crippen MR) is 106 cm³/mol. The van der Waals surface area contributed by atoms with Crippen molar-refractivity contribution < 1.29 is 27.2 Å². The van der Waals surface area contributed by atoms with E-state index in [2.05, 4.69) is 5.32 Å². The third-order valence-electron chi connectivity index (χ3n) is 4.57. The molecule has 1 amide bonds. The summed E-state index contributed by atoms with van der Waals surface area (Å²) in [5.74, 6) is -0.915. The quantitative estimate of drug-likeness (QED) is 0.716. The molecule has 10 heteroatoms. The van der Waals surface area contributed by atoms with Gasteiger partial charge in [-0.2, -0.15) is 0 Å². The first-order valence-corrected chi connectivity index (χ1v) is 10.3. The van der Waals surface area contributed by atoms with Gasteiger partial charge in [0, 0.05) is 31.4 Å². The van der Waals surface area contributed by atoms with Crippen LogP contribution in [0.4, 0.5) is 15.8 Å². The molecule has 3 rings (SSSR count). The standard InChI is InChI=1S/C19H22FN3O5S/c1-22(27-2)29(25,26)16-6-3-14(4-7-16)19(24)21-15-5-8-18(17(20)13-15)23-9-11-28-12-10-23/h3-8,13H,9-12H2,1-2H3,(H,21,24). The fraction of sp³-hybridized carbons (Fsp3) is 0.316. The molecule has 156 valence electrons. The van der Waals surface area contributed by atoms with E-state index >= 15 is 0 Å². The Morgan fingerprint density at radius 2 is 1.83 bits per heavy atom. The molecular formula is C19H22FN3O5S. The lowest BCUT2D eigenvalue weighted by atomic mass is 10.2. The lowest BCUT2D eigenvalue weighted by molar-refractivity contribution is -0.0258. The number of hydrogen-bond donors (Lipinski definition) is 1. The monoisotopic (exact) mass is 423 g/mol. The number of rotatable bonds is 6. The van der Waals surface area contributed by atoms with Crippen LogP contribution < -0.4 is 10.2 Å². The van der Waals surface area contributed by atoms with Gasteiger partial charge in [-0.25, -0.2) is 12.8 Å². The Morgan fingerprint density at radius 1 is 1.17 bits per heavy atom. The predicted octanol–water partition coefficient (Wildman–Crippen LogP) is 2.10. The SMILES string of the molecule is CON(C)S(=O)(=O)c1ccc(C(=O)Nc2ccc(N3CCOCC3)c(F)c2)cc1. The topological polar surface area (TPSA) is 88.2 Å². The number of benzene rings is 2. The molecule has 1 saturated heterocycles. The van der Waals surface area contributed by atoms with E-state index in [-0.39, 0.29) is 10.5 Å². The number of nitrogens with zero attached hydrogens (tertiary/aromatic N) is 2. The Morgan fingerprint density at radius 3 is 2.41 bits per heavy atom. The van der Waals surface area contributed by atoms with Crippen LogP contribution in [0.2, 0.25) is 0 Å². The van der Waals surface area contributed by atoms with Crippen LogP contribution >= 0.6 is 0 Å². The second-order valence-electron chi connectivity index (χ2n) is 6.34. The summed E-state index contributed by atoms with van der Waals surface area (Å²) in [6.07, 6.45) is 0. The van der Waals surface area contributed by atoms with Crippen LogP contribution in [0.25, 0.3) is 0 Å². The van der Waals surface area contributed by atoms with E-state index in [1.807, 2.05) is 4.90 Å². The second kappa shape index (κ2) is 8.87. The maximum Gasteiger partial charge on any atom is 0.264 e. The largest absolute Gasteiger partial charge is 0.378 e. The van der Waals surface area contributed by atoms with Gasteiger partial charge in [-0.05, 0) is 42.5 Å². The molecule has 0 unspecified atom stereocenters. The number of hydroxylamine groups is 1. The maximum atomic E-state index is 14.5. The Labute approximate surface area is 168 Å².